The Morgan fingerprint density at radius 1 is 1.48 bits per heavy atom. The first-order valence-corrected chi connectivity index (χ1v) is 7.45. The highest BCUT2D eigenvalue weighted by Crippen LogP contribution is 2.07. The van der Waals surface area contributed by atoms with Crippen molar-refractivity contribution in [1.82, 2.24) is 24.6 Å². The van der Waals surface area contributed by atoms with Gasteiger partial charge in [-0.2, -0.15) is 10.1 Å². The van der Waals surface area contributed by atoms with E-state index in [0.29, 0.717) is 5.89 Å². The highest BCUT2D eigenvalue weighted by Gasteiger charge is 2.16. The number of aliphatic carboxylic acids is 1. The summed E-state index contributed by atoms with van der Waals surface area (Å²) < 4.78 is 32.3. The normalized spacial score (nSPS) is 11.6. The van der Waals surface area contributed by atoms with Crippen molar-refractivity contribution < 1.29 is 22.8 Å². The Morgan fingerprint density at radius 2 is 2.29 bits per heavy atom. The number of sulfonamides is 1. The Labute approximate surface area is 119 Å². The van der Waals surface area contributed by atoms with Gasteiger partial charge in [0, 0.05) is 19.2 Å². The highest BCUT2D eigenvalue weighted by atomic mass is 32.2. The van der Waals surface area contributed by atoms with Gasteiger partial charge < -0.3 is 9.63 Å². The number of aromatic nitrogens is 4. The van der Waals surface area contributed by atoms with E-state index in [2.05, 4.69) is 20.0 Å². The van der Waals surface area contributed by atoms with Crippen LogP contribution < -0.4 is 4.72 Å². The molecule has 0 aliphatic rings. The lowest BCUT2D eigenvalue weighted by Gasteiger charge is -2.02. The van der Waals surface area contributed by atoms with Gasteiger partial charge >= 0.3 is 5.97 Å². The minimum atomic E-state index is -3.70. The molecule has 0 aliphatic heterocycles. The number of carboxylic acids is 1. The summed E-state index contributed by atoms with van der Waals surface area (Å²) in [6.07, 6.45) is 3.81. The zero-order chi connectivity index (χ0) is 15.3. The summed E-state index contributed by atoms with van der Waals surface area (Å²) in [5.41, 5.74) is 0. The number of carboxylic acid groups (broad SMARTS) is 1. The Balaban J connectivity index is 1.91. The monoisotopic (exact) mass is 315 g/mol. The molecule has 2 aromatic rings. The molecule has 114 valence electrons. The van der Waals surface area contributed by atoms with Crippen LogP contribution in [0.25, 0.3) is 0 Å². The average molecular weight is 315 g/mol. The van der Waals surface area contributed by atoms with E-state index in [0.717, 1.165) is 6.20 Å². The third-order valence-electron chi connectivity index (χ3n) is 2.51. The summed E-state index contributed by atoms with van der Waals surface area (Å²) >= 11 is 0. The zero-order valence-corrected chi connectivity index (χ0v) is 11.7. The van der Waals surface area contributed by atoms with Gasteiger partial charge in [-0.05, 0) is 0 Å². The molecule has 2 aromatic heterocycles. The van der Waals surface area contributed by atoms with Crippen LogP contribution in [0.3, 0.4) is 0 Å². The van der Waals surface area contributed by atoms with Crippen LogP contribution in [0.4, 0.5) is 0 Å². The summed E-state index contributed by atoms with van der Waals surface area (Å²) in [6, 6.07) is 0. The maximum Gasteiger partial charge on any atom is 0.305 e. The van der Waals surface area contributed by atoms with Crippen LogP contribution in [-0.2, 0) is 27.8 Å². The van der Waals surface area contributed by atoms with E-state index in [1.54, 1.807) is 0 Å². The van der Waals surface area contributed by atoms with Gasteiger partial charge in [-0.1, -0.05) is 5.16 Å². The smallest absolute Gasteiger partial charge is 0.305 e. The number of rotatable bonds is 8. The first-order valence-electron chi connectivity index (χ1n) is 5.97. The molecule has 0 bridgehead atoms. The quantitative estimate of drug-likeness (QED) is 0.649. The number of hydrogen-bond acceptors (Lipinski definition) is 7. The molecule has 2 heterocycles. The van der Waals surface area contributed by atoms with E-state index in [9.17, 15) is 13.2 Å². The predicted octanol–water partition coefficient (Wildman–Crippen LogP) is -0.738. The fraction of sp³-hybridized carbons (Fsp3) is 0.400. The molecule has 0 amide bonds. The zero-order valence-electron chi connectivity index (χ0n) is 10.8. The van der Waals surface area contributed by atoms with E-state index in [-0.39, 0.29) is 30.8 Å². The van der Waals surface area contributed by atoms with Crippen LogP contribution in [0.2, 0.25) is 0 Å². The van der Waals surface area contributed by atoms with Gasteiger partial charge in [-0.3, -0.25) is 9.48 Å². The van der Waals surface area contributed by atoms with Gasteiger partial charge in [0.15, 0.2) is 6.33 Å². The first kappa shape index (κ1) is 15.1. The topological polar surface area (TPSA) is 140 Å². The van der Waals surface area contributed by atoms with Crippen molar-refractivity contribution in [2.45, 2.75) is 24.3 Å². The average Bonchev–Trinajstić information content (AvgIpc) is 3.07. The Kier molecular flexibility index (Phi) is 4.65. The number of aryl methyl sites for hydroxylation is 1. The van der Waals surface area contributed by atoms with Crippen LogP contribution in [0, 0.1) is 0 Å². The van der Waals surface area contributed by atoms with Crippen molar-refractivity contribution in [2.24, 2.45) is 0 Å². The number of hydrogen-bond donors (Lipinski definition) is 2. The third kappa shape index (κ3) is 4.36. The molecule has 2 N–H and O–H groups in total. The van der Waals surface area contributed by atoms with Crippen molar-refractivity contribution in [3.8, 4) is 0 Å². The molecule has 0 saturated heterocycles. The summed E-state index contributed by atoms with van der Waals surface area (Å²) in [6.45, 7) is 0.206. The lowest BCUT2D eigenvalue weighted by atomic mass is 10.4. The van der Waals surface area contributed by atoms with Gasteiger partial charge in [0.2, 0.25) is 15.9 Å². The van der Waals surface area contributed by atoms with Crippen molar-refractivity contribution in [1.29, 1.82) is 0 Å². The highest BCUT2D eigenvalue weighted by molar-refractivity contribution is 7.89. The summed E-state index contributed by atoms with van der Waals surface area (Å²) in [5, 5.41) is 15.8. The van der Waals surface area contributed by atoms with Crippen LogP contribution in [0.15, 0.2) is 28.1 Å². The molecule has 10 nitrogen and oxygen atoms in total. The lowest BCUT2D eigenvalue weighted by molar-refractivity contribution is -0.137. The van der Waals surface area contributed by atoms with E-state index < -0.39 is 16.0 Å². The van der Waals surface area contributed by atoms with Gasteiger partial charge in [0.05, 0.1) is 19.2 Å². The molecular weight excluding hydrogens is 302 g/mol. The predicted molar refractivity (Wildman–Crippen MR) is 67.7 cm³/mol. The second-order valence-corrected chi connectivity index (χ2v) is 5.83. The van der Waals surface area contributed by atoms with E-state index in [4.69, 9.17) is 9.63 Å². The minimum Gasteiger partial charge on any atom is -0.481 e. The standard InChI is InChI=1S/C10H13N5O5S/c16-10(17)2-4-15-6-8(5-12-15)21(18,19)14-3-1-9-11-7-13-20-9/h5-7,14H,1-4H2,(H,16,17). The summed E-state index contributed by atoms with van der Waals surface area (Å²) in [7, 11) is -3.70. The fourth-order valence-electron chi connectivity index (χ4n) is 1.50. The molecule has 0 atom stereocenters. The molecule has 21 heavy (non-hydrogen) atoms. The first-order chi connectivity index (χ1) is 9.97. The molecule has 0 spiro atoms. The second-order valence-electron chi connectivity index (χ2n) is 4.07. The maximum absolute atomic E-state index is 12.0. The summed E-state index contributed by atoms with van der Waals surface area (Å²) in [5.74, 6) is -0.651. The minimum absolute atomic E-state index is 0.0292. The second kappa shape index (κ2) is 6.45. The van der Waals surface area contributed by atoms with Crippen molar-refractivity contribution in [2.75, 3.05) is 6.54 Å². The van der Waals surface area contributed by atoms with Crippen molar-refractivity contribution in [3.05, 3.63) is 24.6 Å². The fourth-order valence-corrected chi connectivity index (χ4v) is 2.48. The molecule has 11 heteroatoms. The van der Waals surface area contributed by atoms with Gasteiger partial charge in [-0.15, -0.1) is 0 Å². The molecule has 0 unspecified atom stereocenters. The Morgan fingerprint density at radius 3 is 2.95 bits per heavy atom. The van der Waals surface area contributed by atoms with E-state index >= 15 is 0 Å². The number of carbonyl (C=O) groups is 1. The van der Waals surface area contributed by atoms with E-state index in [1.165, 1.54) is 17.2 Å². The van der Waals surface area contributed by atoms with Crippen LogP contribution >= 0.6 is 0 Å². The summed E-state index contributed by atoms with van der Waals surface area (Å²) in [4.78, 5) is 14.2. The largest absolute Gasteiger partial charge is 0.481 e. The molecule has 0 fully saturated rings. The van der Waals surface area contributed by atoms with Crippen LogP contribution in [0.5, 0.6) is 0 Å². The van der Waals surface area contributed by atoms with Gasteiger partial charge in [0.1, 0.15) is 4.90 Å². The van der Waals surface area contributed by atoms with Crippen LogP contribution in [-0.4, -0.2) is 46.0 Å². The van der Waals surface area contributed by atoms with E-state index in [1.807, 2.05) is 0 Å². The maximum atomic E-state index is 12.0. The van der Waals surface area contributed by atoms with Crippen molar-refractivity contribution >= 4 is 16.0 Å². The molecule has 0 saturated carbocycles. The lowest BCUT2D eigenvalue weighted by Crippen LogP contribution is -2.25. The molecular formula is C10H13N5O5S. The SMILES string of the molecule is O=C(O)CCn1cc(S(=O)(=O)NCCc2ncno2)cn1. The van der Waals surface area contributed by atoms with Crippen LogP contribution in [0.1, 0.15) is 12.3 Å². The van der Waals surface area contributed by atoms with Crippen molar-refractivity contribution in [3.63, 3.8) is 0 Å². The Bertz CT molecular complexity index is 693. The molecule has 0 radical (unpaired) electrons. The third-order valence-corrected chi connectivity index (χ3v) is 3.93. The molecule has 0 aliphatic carbocycles. The molecule has 0 aromatic carbocycles. The number of nitrogens with one attached hydrogen (secondary N) is 1. The Hall–Kier alpha value is -2.27. The molecule has 2 rings (SSSR count). The number of nitrogens with zero attached hydrogens (tertiary/aromatic N) is 4. The van der Waals surface area contributed by atoms with Gasteiger partial charge in [-0.25, -0.2) is 13.1 Å². The van der Waals surface area contributed by atoms with Gasteiger partial charge in [0.25, 0.3) is 0 Å².